The van der Waals surface area contributed by atoms with Gasteiger partial charge < -0.3 is 4.74 Å². The van der Waals surface area contributed by atoms with E-state index in [4.69, 9.17) is 15.2 Å². The molecule has 0 amide bonds. The average Bonchev–Trinajstić information content (AvgIpc) is 2.59. The fourth-order valence-electron chi connectivity index (χ4n) is 0.964. The van der Waals surface area contributed by atoms with Crippen LogP contribution in [0.4, 0.5) is 0 Å². The zero-order chi connectivity index (χ0) is 8.27. The number of hydrogen-bond donors (Lipinski definition) is 2. The molecule has 11 heavy (non-hydrogen) atoms. The molecule has 66 valence electrons. The first kappa shape index (κ1) is 8.89. The standard InChI is InChI=1S/C6H13NO4/c1-5-6(11-5)3-2-4-10-7(8)9/h5-6,8-9H,2-4H2,1H3. The summed E-state index contributed by atoms with van der Waals surface area (Å²) in [6.45, 7) is 2.31. The molecule has 0 radical (unpaired) electrons. The summed E-state index contributed by atoms with van der Waals surface area (Å²) >= 11 is 0. The van der Waals surface area contributed by atoms with Crippen molar-refractivity contribution in [3.63, 3.8) is 0 Å². The van der Waals surface area contributed by atoms with E-state index in [0.717, 1.165) is 12.8 Å². The van der Waals surface area contributed by atoms with E-state index < -0.39 is 0 Å². The molecule has 1 aliphatic heterocycles. The summed E-state index contributed by atoms with van der Waals surface area (Å²) in [6, 6.07) is 0. The summed E-state index contributed by atoms with van der Waals surface area (Å²) in [5, 5.41) is 16.0. The Labute approximate surface area is 65.0 Å². The molecule has 5 heteroatoms. The Kier molecular flexibility index (Phi) is 3.22. The molecule has 2 unspecified atom stereocenters. The quantitative estimate of drug-likeness (QED) is 0.352. The maximum Gasteiger partial charge on any atom is 0.0839 e. The molecule has 0 aromatic carbocycles. The van der Waals surface area contributed by atoms with Crippen molar-refractivity contribution in [2.24, 2.45) is 0 Å². The summed E-state index contributed by atoms with van der Waals surface area (Å²) in [7, 11) is 0. The maximum absolute atomic E-state index is 8.12. The first-order valence-electron chi connectivity index (χ1n) is 3.66. The zero-order valence-electron chi connectivity index (χ0n) is 6.43. The van der Waals surface area contributed by atoms with Crippen molar-refractivity contribution in [1.29, 1.82) is 0 Å². The Hall–Kier alpha value is -0.200. The lowest BCUT2D eigenvalue weighted by Crippen LogP contribution is -2.15. The van der Waals surface area contributed by atoms with E-state index in [2.05, 4.69) is 4.84 Å². The van der Waals surface area contributed by atoms with Gasteiger partial charge >= 0.3 is 0 Å². The Bertz CT molecular complexity index is 119. The minimum Gasteiger partial charge on any atom is -0.370 e. The molecular formula is C6H13NO4. The first-order chi connectivity index (χ1) is 5.20. The largest absolute Gasteiger partial charge is 0.370 e. The number of rotatable bonds is 5. The third kappa shape index (κ3) is 3.64. The van der Waals surface area contributed by atoms with E-state index >= 15 is 0 Å². The highest BCUT2D eigenvalue weighted by Crippen LogP contribution is 2.25. The topological polar surface area (TPSA) is 65.5 Å². The van der Waals surface area contributed by atoms with Gasteiger partial charge in [0.2, 0.25) is 0 Å². The van der Waals surface area contributed by atoms with Gasteiger partial charge in [-0.05, 0) is 19.8 Å². The van der Waals surface area contributed by atoms with Crippen LogP contribution in [0.3, 0.4) is 0 Å². The molecule has 1 saturated heterocycles. The number of nitrogens with zero attached hydrogens (tertiary/aromatic N) is 1. The van der Waals surface area contributed by atoms with Gasteiger partial charge in [-0.3, -0.25) is 15.3 Å². The highest BCUT2D eigenvalue weighted by Gasteiger charge is 2.32. The molecule has 2 N–H and O–H groups in total. The molecule has 0 aliphatic carbocycles. The SMILES string of the molecule is CC1OC1CCCON(O)O. The van der Waals surface area contributed by atoms with Gasteiger partial charge in [0.25, 0.3) is 0 Å². The summed E-state index contributed by atoms with van der Waals surface area (Å²) in [5.74, 6) is 0. The molecule has 1 heterocycles. The predicted molar refractivity (Wildman–Crippen MR) is 34.9 cm³/mol. The Morgan fingerprint density at radius 2 is 2.18 bits per heavy atom. The number of epoxide rings is 1. The average molecular weight is 163 g/mol. The molecule has 0 bridgehead atoms. The Morgan fingerprint density at radius 1 is 1.55 bits per heavy atom. The molecule has 1 aliphatic rings. The van der Waals surface area contributed by atoms with Crippen LogP contribution in [0.25, 0.3) is 0 Å². The van der Waals surface area contributed by atoms with E-state index in [1.165, 1.54) is 0 Å². The van der Waals surface area contributed by atoms with E-state index in [-0.39, 0.29) is 5.39 Å². The highest BCUT2D eigenvalue weighted by molar-refractivity contribution is 4.79. The summed E-state index contributed by atoms with van der Waals surface area (Å²) < 4.78 is 5.13. The van der Waals surface area contributed by atoms with E-state index in [1.54, 1.807) is 0 Å². The highest BCUT2D eigenvalue weighted by atomic mass is 17.1. The summed E-state index contributed by atoms with van der Waals surface area (Å²) in [5.41, 5.74) is 0. The zero-order valence-corrected chi connectivity index (χ0v) is 6.43. The van der Waals surface area contributed by atoms with Crippen molar-refractivity contribution in [3.05, 3.63) is 0 Å². The molecular weight excluding hydrogens is 150 g/mol. The number of ether oxygens (including phenoxy) is 1. The monoisotopic (exact) mass is 163 g/mol. The van der Waals surface area contributed by atoms with E-state index in [0.29, 0.717) is 18.8 Å². The van der Waals surface area contributed by atoms with Crippen molar-refractivity contribution in [2.75, 3.05) is 6.61 Å². The van der Waals surface area contributed by atoms with Crippen LogP contribution in [0, 0.1) is 0 Å². The van der Waals surface area contributed by atoms with Gasteiger partial charge in [-0.2, -0.15) is 0 Å². The van der Waals surface area contributed by atoms with Gasteiger partial charge in [0.15, 0.2) is 0 Å². The Balaban J connectivity index is 1.81. The maximum atomic E-state index is 8.12. The minimum atomic E-state index is -0.267. The van der Waals surface area contributed by atoms with Gasteiger partial charge in [0.05, 0.1) is 24.2 Å². The lowest BCUT2D eigenvalue weighted by atomic mass is 10.2. The third-order valence-electron chi connectivity index (χ3n) is 1.68. The Morgan fingerprint density at radius 3 is 2.64 bits per heavy atom. The van der Waals surface area contributed by atoms with Crippen LogP contribution >= 0.6 is 0 Å². The van der Waals surface area contributed by atoms with Crippen LogP contribution < -0.4 is 0 Å². The van der Waals surface area contributed by atoms with Gasteiger partial charge in [-0.1, -0.05) is 0 Å². The summed E-state index contributed by atoms with van der Waals surface area (Å²) in [4.78, 5) is 4.34. The van der Waals surface area contributed by atoms with Crippen LogP contribution in [0.5, 0.6) is 0 Å². The van der Waals surface area contributed by atoms with Gasteiger partial charge in [-0.25, -0.2) is 0 Å². The minimum absolute atomic E-state index is 0.267. The molecule has 2 atom stereocenters. The van der Waals surface area contributed by atoms with Crippen molar-refractivity contribution < 1.29 is 20.0 Å². The van der Waals surface area contributed by atoms with E-state index in [9.17, 15) is 0 Å². The number of hydrogen-bond acceptors (Lipinski definition) is 5. The second-order valence-electron chi connectivity index (χ2n) is 2.61. The second kappa shape index (κ2) is 3.99. The van der Waals surface area contributed by atoms with Crippen LogP contribution in [0.2, 0.25) is 0 Å². The second-order valence-corrected chi connectivity index (χ2v) is 2.61. The van der Waals surface area contributed by atoms with Gasteiger partial charge in [-0.15, -0.1) is 0 Å². The fraction of sp³-hybridized carbons (Fsp3) is 1.00. The van der Waals surface area contributed by atoms with Gasteiger partial charge in [0.1, 0.15) is 0 Å². The molecule has 1 fully saturated rings. The van der Waals surface area contributed by atoms with E-state index in [1.807, 2.05) is 6.92 Å². The van der Waals surface area contributed by atoms with Crippen LogP contribution in [0.1, 0.15) is 19.8 Å². The molecule has 0 saturated carbocycles. The first-order valence-corrected chi connectivity index (χ1v) is 3.66. The van der Waals surface area contributed by atoms with Crippen molar-refractivity contribution in [1.82, 2.24) is 5.39 Å². The third-order valence-corrected chi connectivity index (χ3v) is 1.68. The molecule has 5 nitrogen and oxygen atoms in total. The van der Waals surface area contributed by atoms with Crippen molar-refractivity contribution in [3.8, 4) is 0 Å². The lowest BCUT2D eigenvalue weighted by Gasteiger charge is -2.04. The van der Waals surface area contributed by atoms with Crippen LogP contribution in [0.15, 0.2) is 0 Å². The lowest BCUT2D eigenvalue weighted by molar-refractivity contribution is -0.492. The predicted octanol–water partition coefficient (Wildman–Crippen LogP) is 0.566. The van der Waals surface area contributed by atoms with Crippen molar-refractivity contribution >= 4 is 0 Å². The van der Waals surface area contributed by atoms with Crippen LogP contribution in [-0.4, -0.2) is 34.6 Å². The summed E-state index contributed by atoms with van der Waals surface area (Å²) in [6.07, 6.45) is 2.40. The van der Waals surface area contributed by atoms with Gasteiger partial charge in [0, 0.05) is 0 Å². The van der Waals surface area contributed by atoms with Crippen LogP contribution in [-0.2, 0) is 9.57 Å². The molecule has 0 aromatic rings. The molecule has 1 rings (SSSR count). The molecule has 0 spiro atoms. The van der Waals surface area contributed by atoms with Crippen molar-refractivity contribution in [2.45, 2.75) is 32.0 Å². The molecule has 0 aromatic heterocycles. The normalized spacial score (nSPS) is 29.5. The fourth-order valence-corrected chi connectivity index (χ4v) is 0.964. The smallest absolute Gasteiger partial charge is 0.0839 e.